The third-order valence-electron chi connectivity index (χ3n) is 4.40. The molecule has 6 nitrogen and oxygen atoms in total. The number of carbonyl (C=O) groups excluding carboxylic acids is 1. The second-order valence-corrected chi connectivity index (χ2v) is 8.41. The van der Waals surface area contributed by atoms with E-state index in [1.165, 1.54) is 24.3 Å². The molecular formula is C22H21NO5S. The van der Waals surface area contributed by atoms with Gasteiger partial charge in [0, 0.05) is 23.1 Å². The molecule has 3 rings (SSSR count). The van der Waals surface area contributed by atoms with E-state index < -0.39 is 9.84 Å². The first-order chi connectivity index (χ1) is 13.8. The van der Waals surface area contributed by atoms with Crippen LogP contribution in [0.1, 0.15) is 10.4 Å². The Labute approximate surface area is 170 Å². The molecule has 0 radical (unpaired) electrons. The Kier molecular flexibility index (Phi) is 5.89. The predicted octanol–water partition coefficient (Wildman–Crippen LogP) is 4.03. The van der Waals surface area contributed by atoms with Gasteiger partial charge < -0.3 is 14.8 Å². The highest BCUT2D eigenvalue weighted by atomic mass is 32.2. The third kappa shape index (κ3) is 4.75. The third-order valence-corrected chi connectivity index (χ3v) is 5.53. The van der Waals surface area contributed by atoms with Crippen LogP contribution in [-0.4, -0.2) is 34.8 Å². The number of hydrogen-bond donors (Lipinski definition) is 1. The fourth-order valence-electron chi connectivity index (χ4n) is 2.84. The second kappa shape index (κ2) is 8.36. The van der Waals surface area contributed by atoms with Crippen LogP contribution in [0.5, 0.6) is 11.5 Å². The number of methoxy groups -OCH3 is 2. The summed E-state index contributed by atoms with van der Waals surface area (Å²) in [5, 5.41) is 2.83. The second-order valence-electron chi connectivity index (χ2n) is 6.39. The Morgan fingerprint density at radius 2 is 1.52 bits per heavy atom. The highest BCUT2D eigenvalue weighted by Gasteiger charge is 2.12. The lowest BCUT2D eigenvalue weighted by Gasteiger charge is -2.13. The Morgan fingerprint density at radius 3 is 2.07 bits per heavy atom. The van der Waals surface area contributed by atoms with Crippen LogP contribution in [0.25, 0.3) is 11.1 Å². The quantitative estimate of drug-likeness (QED) is 0.662. The average molecular weight is 411 g/mol. The molecule has 0 saturated carbocycles. The summed E-state index contributed by atoms with van der Waals surface area (Å²) in [6, 6.07) is 18.7. The lowest BCUT2D eigenvalue weighted by atomic mass is 10.0. The summed E-state index contributed by atoms with van der Waals surface area (Å²) in [5.74, 6) is 1.08. The van der Waals surface area contributed by atoms with E-state index in [1.54, 1.807) is 26.4 Å². The van der Waals surface area contributed by atoms with Crippen LogP contribution in [0.15, 0.2) is 71.6 Å². The molecule has 0 spiro atoms. The smallest absolute Gasteiger partial charge is 0.255 e. The van der Waals surface area contributed by atoms with Crippen LogP contribution in [0.2, 0.25) is 0 Å². The van der Waals surface area contributed by atoms with Crippen LogP contribution < -0.4 is 14.8 Å². The van der Waals surface area contributed by atoms with Crippen molar-refractivity contribution in [3.8, 4) is 22.6 Å². The Hall–Kier alpha value is -3.32. The number of ether oxygens (including phenoxy) is 2. The molecule has 0 aliphatic carbocycles. The molecular weight excluding hydrogens is 390 g/mol. The number of sulfone groups is 1. The highest BCUT2D eigenvalue weighted by Crippen LogP contribution is 2.33. The zero-order valence-corrected chi connectivity index (χ0v) is 17.1. The number of benzene rings is 3. The predicted molar refractivity (Wildman–Crippen MR) is 112 cm³/mol. The minimum atomic E-state index is -3.31. The highest BCUT2D eigenvalue weighted by molar-refractivity contribution is 7.90. The van der Waals surface area contributed by atoms with Crippen molar-refractivity contribution in [1.29, 1.82) is 0 Å². The summed E-state index contributed by atoms with van der Waals surface area (Å²) in [6.07, 6.45) is 1.13. The van der Waals surface area contributed by atoms with Gasteiger partial charge in [-0.2, -0.15) is 0 Å². The van der Waals surface area contributed by atoms with Crippen molar-refractivity contribution in [2.75, 3.05) is 25.8 Å². The molecule has 1 amide bonds. The summed E-state index contributed by atoms with van der Waals surface area (Å²) >= 11 is 0. The summed E-state index contributed by atoms with van der Waals surface area (Å²) in [7, 11) is -0.115. The molecule has 3 aromatic carbocycles. The van der Waals surface area contributed by atoms with E-state index >= 15 is 0 Å². The number of nitrogens with one attached hydrogen (secondary N) is 1. The average Bonchev–Trinajstić information content (AvgIpc) is 2.73. The van der Waals surface area contributed by atoms with Gasteiger partial charge in [-0.3, -0.25) is 4.79 Å². The van der Waals surface area contributed by atoms with Crippen molar-refractivity contribution >= 4 is 21.4 Å². The summed E-state index contributed by atoms with van der Waals surface area (Å²) in [4.78, 5) is 12.7. The molecule has 0 saturated heterocycles. The molecule has 150 valence electrons. The van der Waals surface area contributed by atoms with Gasteiger partial charge in [0.1, 0.15) is 11.5 Å². The monoisotopic (exact) mass is 411 g/mol. The Balaban J connectivity index is 1.86. The van der Waals surface area contributed by atoms with E-state index in [0.717, 1.165) is 23.1 Å². The van der Waals surface area contributed by atoms with Crippen molar-refractivity contribution in [2.24, 2.45) is 0 Å². The molecule has 0 unspecified atom stereocenters. The number of amides is 1. The summed E-state index contributed by atoms with van der Waals surface area (Å²) in [5.41, 5.74) is 2.68. The van der Waals surface area contributed by atoms with E-state index in [-0.39, 0.29) is 10.8 Å². The van der Waals surface area contributed by atoms with Crippen LogP contribution in [0.3, 0.4) is 0 Å². The molecule has 0 fully saturated rings. The van der Waals surface area contributed by atoms with Crippen molar-refractivity contribution in [3.63, 3.8) is 0 Å². The topological polar surface area (TPSA) is 81.7 Å². The number of carbonyl (C=O) groups is 1. The number of rotatable bonds is 6. The van der Waals surface area contributed by atoms with Gasteiger partial charge in [-0.05, 0) is 60.2 Å². The minimum Gasteiger partial charge on any atom is -0.497 e. The molecule has 0 aromatic heterocycles. The molecule has 7 heteroatoms. The van der Waals surface area contributed by atoms with E-state index in [1.807, 2.05) is 30.3 Å². The standard InChI is InChI=1S/C22H21NO5S/c1-27-18-9-4-15(5-10-18)20-14-17(8-13-21(20)28-2)23-22(24)16-6-11-19(12-7-16)29(3,25)26/h4-14H,1-3H3,(H,23,24). The molecule has 0 atom stereocenters. The maximum absolute atomic E-state index is 12.6. The first kappa shape index (κ1) is 20.4. The summed E-state index contributed by atoms with van der Waals surface area (Å²) < 4.78 is 33.8. The van der Waals surface area contributed by atoms with Crippen molar-refractivity contribution < 1.29 is 22.7 Å². The van der Waals surface area contributed by atoms with E-state index in [2.05, 4.69) is 5.32 Å². The largest absolute Gasteiger partial charge is 0.497 e. The molecule has 29 heavy (non-hydrogen) atoms. The maximum atomic E-state index is 12.6. The molecule has 0 heterocycles. The van der Waals surface area contributed by atoms with Gasteiger partial charge in [0.2, 0.25) is 0 Å². The van der Waals surface area contributed by atoms with Crippen LogP contribution >= 0.6 is 0 Å². The van der Waals surface area contributed by atoms with Crippen LogP contribution in [-0.2, 0) is 9.84 Å². The number of hydrogen-bond acceptors (Lipinski definition) is 5. The van der Waals surface area contributed by atoms with E-state index in [0.29, 0.717) is 17.0 Å². The normalized spacial score (nSPS) is 11.0. The molecule has 0 bridgehead atoms. The first-order valence-corrected chi connectivity index (χ1v) is 10.6. The fourth-order valence-corrected chi connectivity index (χ4v) is 3.47. The molecule has 3 aromatic rings. The minimum absolute atomic E-state index is 0.167. The first-order valence-electron chi connectivity index (χ1n) is 8.76. The van der Waals surface area contributed by atoms with Gasteiger partial charge >= 0.3 is 0 Å². The zero-order valence-electron chi connectivity index (χ0n) is 16.3. The Morgan fingerprint density at radius 1 is 0.862 bits per heavy atom. The van der Waals surface area contributed by atoms with Gasteiger partial charge in [0.05, 0.1) is 19.1 Å². The van der Waals surface area contributed by atoms with Gasteiger partial charge in [-0.1, -0.05) is 12.1 Å². The van der Waals surface area contributed by atoms with Gasteiger partial charge in [0.25, 0.3) is 5.91 Å². The zero-order chi connectivity index (χ0) is 21.0. The van der Waals surface area contributed by atoms with Crippen molar-refractivity contribution in [3.05, 3.63) is 72.3 Å². The Bertz CT molecular complexity index is 1120. The van der Waals surface area contributed by atoms with E-state index in [9.17, 15) is 13.2 Å². The van der Waals surface area contributed by atoms with Gasteiger partial charge in [-0.15, -0.1) is 0 Å². The lowest BCUT2D eigenvalue weighted by molar-refractivity contribution is 0.102. The maximum Gasteiger partial charge on any atom is 0.255 e. The van der Waals surface area contributed by atoms with Crippen molar-refractivity contribution in [2.45, 2.75) is 4.90 Å². The van der Waals surface area contributed by atoms with Crippen LogP contribution in [0, 0.1) is 0 Å². The fraction of sp³-hybridized carbons (Fsp3) is 0.136. The van der Waals surface area contributed by atoms with E-state index in [4.69, 9.17) is 9.47 Å². The number of anilines is 1. The van der Waals surface area contributed by atoms with Gasteiger partial charge in [-0.25, -0.2) is 8.42 Å². The van der Waals surface area contributed by atoms with Gasteiger partial charge in [0.15, 0.2) is 9.84 Å². The molecule has 0 aliphatic rings. The summed E-state index contributed by atoms with van der Waals surface area (Å²) in [6.45, 7) is 0. The molecule has 1 N–H and O–H groups in total. The molecule has 0 aliphatic heterocycles. The SMILES string of the molecule is COc1ccc(-c2cc(NC(=O)c3ccc(S(C)(=O)=O)cc3)ccc2OC)cc1. The van der Waals surface area contributed by atoms with Crippen molar-refractivity contribution in [1.82, 2.24) is 0 Å². The van der Waals surface area contributed by atoms with Crippen LogP contribution in [0.4, 0.5) is 5.69 Å². The lowest BCUT2D eigenvalue weighted by Crippen LogP contribution is -2.12.